The second-order valence-corrected chi connectivity index (χ2v) is 7.29. The monoisotopic (exact) mass is 354 g/mol. The van der Waals surface area contributed by atoms with Crippen LogP contribution in [0.5, 0.6) is 0 Å². The topological polar surface area (TPSA) is 98.6 Å². The first kappa shape index (κ1) is 15.7. The molecule has 3 unspecified atom stereocenters. The number of benzene rings is 1. The van der Waals surface area contributed by atoms with E-state index in [1.165, 1.54) is 0 Å². The molecule has 8 nitrogen and oxygen atoms in total. The van der Waals surface area contributed by atoms with Crippen molar-refractivity contribution < 1.29 is 19.2 Å². The van der Waals surface area contributed by atoms with Gasteiger partial charge in [-0.05, 0) is 24.1 Å². The number of nitrogens with one attached hydrogen (secondary N) is 2. The lowest BCUT2D eigenvalue weighted by Crippen LogP contribution is -2.54. The maximum atomic E-state index is 12.8. The molecule has 1 aromatic carbocycles. The highest BCUT2D eigenvalue weighted by molar-refractivity contribution is 6.23. The van der Waals surface area contributed by atoms with Gasteiger partial charge in [-0.25, -0.2) is 0 Å². The van der Waals surface area contributed by atoms with Crippen LogP contribution in [-0.4, -0.2) is 64.6 Å². The van der Waals surface area contributed by atoms with E-state index < -0.39 is 23.8 Å². The minimum Gasteiger partial charge on any atom is -0.313 e. The second kappa shape index (κ2) is 5.46. The molecular formula is C18H18N4O4. The van der Waals surface area contributed by atoms with E-state index in [4.69, 9.17) is 0 Å². The first-order valence-corrected chi connectivity index (χ1v) is 8.85. The number of piperidine rings is 1. The van der Waals surface area contributed by atoms with Crippen LogP contribution in [0.25, 0.3) is 0 Å². The van der Waals surface area contributed by atoms with Crippen LogP contribution >= 0.6 is 0 Å². The summed E-state index contributed by atoms with van der Waals surface area (Å²) >= 11 is 0. The molecule has 8 heteroatoms. The fourth-order valence-electron chi connectivity index (χ4n) is 4.34. The van der Waals surface area contributed by atoms with Crippen molar-refractivity contribution in [3.05, 3.63) is 34.9 Å². The van der Waals surface area contributed by atoms with E-state index in [-0.39, 0.29) is 18.7 Å². The van der Waals surface area contributed by atoms with Gasteiger partial charge in [0.2, 0.25) is 11.8 Å². The zero-order valence-electron chi connectivity index (χ0n) is 14.0. The van der Waals surface area contributed by atoms with Gasteiger partial charge in [-0.3, -0.25) is 34.3 Å². The standard InChI is InChI=1S/C18H18N4O4/c23-15-4-3-12(16(24)20-15)22-17(25)10-2-1-9(5-11(10)18(22)26)8-21-13-6-19-7-14(13)21/h1-2,5,12-14,19H,3-4,6-8H2,(H,20,23,24). The molecule has 3 saturated heterocycles. The number of imide groups is 2. The Kier molecular flexibility index (Phi) is 3.29. The van der Waals surface area contributed by atoms with E-state index in [0.29, 0.717) is 23.2 Å². The highest BCUT2D eigenvalue weighted by atomic mass is 16.2. The average molecular weight is 354 g/mol. The highest BCUT2D eigenvalue weighted by Gasteiger charge is 2.50. The Bertz CT molecular complexity index is 857. The van der Waals surface area contributed by atoms with Crippen LogP contribution in [0, 0.1) is 0 Å². The first-order valence-electron chi connectivity index (χ1n) is 8.85. The number of fused-ring (bicyclic) bond motifs is 2. The number of amides is 4. The summed E-state index contributed by atoms with van der Waals surface area (Å²) in [5.41, 5.74) is 1.67. The molecule has 4 amide bonds. The van der Waals surface area contributed by atoms with E-state index >= 15 is 0 Å². The summed E-state index contributed by atoms with van der Waals surface area (Å²) in [5.74, 6) is -1.86. The van der Waals surface area contributed by atoms with Gasteiger partial charge < -0.3 is 5.32 Å². The van der Waals surface area contributed by atoms with Crippen molar-refractivity contribution in [3.8, 4) is 0 Å². The Labute approximate surface area is 149 Å². The number of hydrogen-bond donors (Lipinski definition) is 2. The molecule has 4 aliphatic rings. The highest BCUT2D eigenvalue weighted by Crippen LogP contribution is 2.34. The molecule has 0 bridgehead atoms. The van der Waals surface area contributed by atoms with Gasteiger partial charge in [-0.15, -0.1) is 0 Å². The van der Waals surface area contributed by atoms with Crippen molar-refractivity contribution in [1.82, 2.24) is 20.4 Å². The van der Waals surface area contributed by atoms with Crippen LogP contribution in [-0.2, 0) is 16.1 Å². The van der Waals surface area contributed by atoms with Gasteiger partial charge >= 0.3 is 0 Å². The predicted molar refractivity (Wildman–Crippen MR) is 89.1 cm³/mol. The molecule has 3 fully saturated rings. The number of rotatable bonds is 3. The van der Waals surface area contributed by atoms with Crippen molar-refractivity contribution in [2.75, 3.05) is 13.1 Å². The Morgan fingerprint density at radius 2 is 1.73 bits per heavy atom. The fourth-order valence-corrected chi connectivity index (χ4v) is 4.34. The molecule has 5 rings (SSSR count). The minimum atomic E-state index is -0.916. The predicted octanol–water partition coefficient (Wildman–Crippen LogP) is -0.756. The Morgan fingerprint density at radius 1 is 1.00 bits per heavy atom. The maximum absolute atomic E-state index is 12.8. The maximum Gasteiger partial charge on any atom is 0.262 e. The lowest BCUT2D eigenvalue weighted by molar-refractivity contribution is -0.136. The van der Waals surface area contributed by atoms with Gasteiger partial charge in [0.15, 0.2) is 0 Å². The van der Waals surface area contributed by atoms with Crippen molar-refractivity contribution in [2.24, 2.45) is 0 Å². The fraction of sp³-hybridized carbons (Fsp3) is 0.444. The molecule has 3 atom stereocenters. The number of carbonyl (C=O) groups is 4. The SMILES string of the molecule is O=C1CCC(N2C(=O)c3ccc(CN4C5CNCC54)cc3C2=O)C(=O)N1. The number of nitrogens with zero attached hydrogens (tertiary/aromatic N) is 2. The third-order valence-corrected chi connectivity index (χ3v) is 5.78. The van der Waals surface area contributed by atoms with Gasteiger partial charge in [0.1, 0.15) is 6.04 Å². The molecular weight excluding hydrogens is 336 g/mol. The van der Waals surface area contributed by atoms with Crippen molar-refractivity contribution >= 4 is 23.6 Å². The Balaban J connectivity index is 1.38. The largest absolute Gasteiger partial charge is 0.313 e. The van der Waals surface area contributed by atoms with E-state index in [1.807, 2.05) is 6.07 Å². The summed E-state index contributed by atoms with van der Waals surface area (Å²) in [6, 6.07) is 5.54. The third-order valence-electron chi connectivity index (χ3n) is 5.78. The van der Waals surface area contributed by atoms with Crippen LogP contribution in [0.3, 0.4) is 0 Å². The molecule has 0 radical (unpaired) electrons. The lowest BCUT2D eigenvalue weighted by atomic mass is 10.0. The normalized spacial score (nSPS) is 32.5. The lowest BCUT2D eigenvalue weighted by Gasteiger charge is -2.27. The van der Waals surface area contributed by atoms with E-state index in [9.17, 15) is 19.2 Å². The van der Waals surface area contributed by atoms with E-state index in [2.05, 4.69) is 15.5 Å². The quantitative estimate of drug-likeness (QED) is 0.547. The molecule has 26 heavy (non-hydrogen) atoms. The summed E-state index contributed by atoms with van der Waals surface area (Å²) in [7, 11) is 0. The summed E-state index contributed by atoms with van der Waals surface area (Å²) in [6.45, 7) is 2.75. The molecule has 134 valence electrons. The molecule has 1 aromatic rings. The average Bonchev–Trinajstić information content (AvgIpc) is 2.95. The number of piperazine rings is 1. The summed E-state index contributed by atoms with van der Waals surface area (Å²) in [6.07, 6.45) is 0.300. The summed E-state index contributed by atoms with van der Waals surface area (Å²) in [5, 5.41) is 5.54. The van der Waals surface area contributed by atoms with Crippen LogP contribution in [0.2, 0.25) is 0 Å². The minimum absolute atomic E-state index is 0.126. The smallest absolute Gasteiger partial charge is 0.262 e. The molecule has 2 N–H and O–H groups in total. The molecule has 0 spiro atoms. The van der Waals surface area contributed by atoms with Crippen molar-refractivity contribution in [2.45, 2.75) is 37.5 Å². The van der Waals surface area contributed by atoms with E-state index in [1.54, 1.807) is 12.1 Å². The number of hydrogen-bond acceptors (Lipinski definition) is 6. The molecule has 4 heterocycles. The Morgan fingerprint density at radius 3 is 2.46 bits per heavy atom. The third kappa shape index (κ3) is 2.22. The van der Waals surface area contributed by atoms with Crippen LogP contribution in [0.15, 0.2) is 18.2 Å². The molecule has 4 aliphatic heterocycles. The zero-order valence-corrected chi connectivity index (χ0v) is 14.0. The molecule has 0 aromatic heterocycles. The van der Waals surface area contributed by atoms with Crippen molar-refractivity contribution in [1.29, 1.82) is 0 Å². The van der Waals surface area contributed by atoms with Gasteiger partial charge in [0.25, 0.3) is 11.8 Å². The van der Waals surface area contributed by atoms with Crippen LogP contribution in [0.4, 0.5) is 0 Å². The zero-order chi connectivity index (χ0) is 18.0. The second-order valence-electron chi connectivity index (χ2n) is 7.29. The van der Waals surface area contributed by atoms with Crippen LogP contribution < -0.4 is 10.6 Å². The molecule has 0 aliphatic carbocycles. The number of carbonyl (C=O) groups excluding carboxylic acids is 4. The van der Waals surface area contributed by atoms with Crippen LogP contribution in [0.1, 0.15) is 39.1 Å². The first-order chi connectivity index (χ1) is 12.5. The summed E-state index contributed by atoms with van der Waals surface area (Å²) < 4.78 is 0. The molecule has 0 saturated carbocycles. The van der Waals surface area contributed by atoms with Gasteiger partial charge in [0, 0.05) is 38.1 Å². The van der Waals surface area contributed by atoms with Crippen molar-refractivity contribution in [3.63, 3.8) is 0 Å². The van der Waals surface area contributed by atoms with Gasteiger partial charge in [-0.2, -0.15) is 0 Å². The Hall–Kier alpha value is -2.58. The van der Waals surface area contributed by atoms with E-state index in [0.717, 1.165) is 30.1 Å². The van der Waals surface area contributed by atoms with Gasteiger partial charge in [0.05, 0.1) is 11.1 Å². The van der Waals surface area contributed by atoms with Gasteiger partial charge in [-0.1, -0.05) is 6.07 Å². The summed E-state index contributed by atoms with van der Waals surface area (Å²) in [4.78, 5) is 52.2.